The van der Waals surface area contributed by atoms with E-state index in [0.717, 1.165) is 0 Å². The van der Waals surface area contributed by atoms with Crippen LogP contribution < -0.4 is 4.72 Å². The highest BCUT2D eigenvalue weighted by molar-refractivity contribution is 7.89. The van der Waals surface area contributed by atoms with Crippen molar-refractivity contribution in [2.75, 3.05) is 6.61 Å². The lowest BCUT2D eigenvalue weighted by Gasteiger charge is -2.07. The summed E-state index contributed by atoms with van der Waals surface area (Å²) in [7, 11) is -2.03. The maximum atomic E-state index is 12.3. The van der Waals surface area contributed by atoms with Crippen molar-refractivity contribution in [3.63, 3.8) is 0 Å². The summed E-state index contributed by atoms with van der Waals surface area (Å²) in [5, 5.41) is 12.7. The SMILES string of the molecule is Cn1cnc(CNS(=O)(=O)c2ccccc2C#CCO)n1. The number of nitrogens with one attached hydrogen (secondary N) is 1. The number of aliphatic hydroxyl groups is 1. The zero-order valence-corrected chi connectivity index (χ0v) is 12.1. The number of hydrogen-bond acceptors (Lipinski definition) is 5. The molecule has 0 amide bonds. The quantitative estimate of drug-likeness (QED) is 0.752. The Kier molecular flexibility index (Phi) is 4.70. The van der Waals surface area contributed by atoms with E-state index in [9.17, 15) is 8.42 Å². The maximum absolute atomic E-state index is 12.3. The van der Waals surface area contributed by atoms with E-state index in [-0.39, 0.29) is 18.0 Å². The molecular weight excluding hydrogens is 292 g/mol. The third-order valence-electron chi connectivity index (χ3n) is 2.55. The fourth-order valence-corrected chi connectivity index (χ4v) is 2.78. The summed E-state index contributed by atoms with van der Waals surface area (Å²) in [4.78, 5) is 4.01. The van der Waals surface area contributed by atoms with Crippen LogP contribution in [0, 0.1) is 11.8 Å². The van der Waals surface area contributed by atoms with Crippen molar-refractivity contribution in [2.24, 2.45) is 7.05 Å². The predicted octanol–water partition coefficient (Wildman–Crippen LogP) is -0.363. The highest BCUT2D eigenvalue weighted by Gasteiger charge is 2.17. The molecule has 0 radical (unpaired) electrons. The smallest absolute Gasteiger partial charge is 0.242 e. The van der Waals surface area contributed by atoms with Gasteiger partial charge in [0.15, 0.2) is 5.82 Å². The minimum Gasteiger partial charge on any atom is -0.384 e. The number of nitrogens with zero attached hydrogens (tertiary/aromatic N) is 3. The number of aryl methyl sites for hydroxylation is 1. The number of benzene rings is 1. The molecule has 0 fully saturated rings. The van der Waals surface area contributed by atoms with Gasteiger partial charge in [0.05, 0.1) is 11.4 Å². The molecule has 0 spiro atoms. The standard InChI is InChI=1S/C13H14N4O3S/c1-17-10-14-13(16-17)9-15-21(19,20)12-7-3-2-5-11(12)6-4-8-18/h2-3,5,7,10,15,18H,8-9H2,1H3. The zero-order valence-electron chi connectivity index (χ0n) is 11.3. The van der Waals surface area contributed by atoms with Crippen molar-refractivity contribution in [1.82, 2.24) is 19.5 Å². The van der Waals surface area contributed by atoms with Crippen molar-refractivity contribution < 1.29 is 13.5 Å². The topological polar surface area (TPSA) is 97.1 Å². The largest absolute Gasteiger partial charge is 0.384 e. The molecule has 8 heteroatoms. The first-order chi connectivity index (χ1) is 10.0. The Morgan fingerprint density at radius 1 is 1.38 bits per heavy atom. The van der Waals surface area contributed by atoms with Crippen molar-refractivity contribution in [3.8, 4) is 11.8 Å². The van der Waals surface area contributed by atoms with Crippen molar-refractivity contribution >= 4 is 10.0 Å². The minimum atomic E-state index is -3.73. The van der Waals surface area contributed by atoms with E-state index in [1.807, 2.05) is 0 Å². The molecule has 7 nitrogen and oxygen atoms in total. The first-order valence-corrected chi connectivity index (χ1v) is 7.54. The van der Waals surface area contributed by atoms with Gasteiger partial charge in [-0.25, -0.2) is 18.1 Å². The Bertz CT molecular complexity index is 787. The van der Waals surface area contributed by atoms with Crippen LogP contribution in [0.15, 0.2) is 35.5 Å². The molecular formula is C13H14N4O3S. The fourth-order valence-electron chi connectivity index (χ4n) is 1.64. The average molecular weight is 306 g/mol. The van der Waals surface area contributed by atoms with Crippen molar-refractivity contribution in [1.29, 1.82) is 0 Å². The molecule has 0 saturated heterocycles. The van der Waals surface area contributed by atoms with Gasteiger partial charge in [-0.15, -0.1) is 0 Å². The lowest BCUT2D eigenvalue weighted by Crippen LogP contribution is -2.24. The summed E-state index contributed by atoms with van der Waals surface area (Å²) in [5.41, 5.74) is 0.327. The van der Waals surface area contributed by atoms with E-state index in [0.29, 0.717) is 11.4 Å². The predicted molar refractivity (Wildman–Crippen MR) is 75.4 cm³/mol. The molecule has 0 aliphatic carbocycles. The highest BCUT2D eigenvalue weighted by atomic mass is 32.2. The van der Waals surface area contributed by atoms with Crippen LogP contribution in [0.25, 0.3) is 0 Å². The minimum absolute atomic E-state index is 0.00899. The van der Waals surface area contributed by atoms with E-state index in [4.69, 9.17) is 5.11 Å². The molecule has 2 rings (SSSR count). The third-order valence-corrected chi connectivity index (χ3v) is 4.01. The Balaban J connectivity index is 2.23. The lowest BCUT2D eigenvalue weighted by molar-refractivity contribution is 0.350. The van der Waals surface area contributed by atoms with Crippen LogP contribution in [0.5, 0.6) is 0 Å². The van der Waals surface area contributed by atoms with Crippen LogP contribution in [0.4, 0.5) is 0 Å². The van der Waals surface area contributed by atoms with Crippen LogP contribution in [-0.2, 0) is 23.6 Å². The number of aliphatic hydroxyl groups excluding tert-OH is 1. The van der Waals surface area contributed by atoms with Gasteiger partial charge in [-0.1, -0.05) is 24.0 Å². The van der Waals surface area contributed by atoms with E-state index in [1.165, 1.54) is 17.1 Å². The zero-order chi connectivity index (χ0) is 15.3. The second kappa shape index (κ2) is 6.49. The van der Waals surface area contributed by atoms with E-state index in [1.54, 1.807) is 25.2 Å². The van der Waals surface area contributed by atoms with Crippen LogP contribution in [0.1, 0.15) is 11.4 Å². The van der Waals surface area contributed by atoms with Gasteiger partial charge in [0, 0.05) is 12.6 Å². The summed E-state index contributed by atoms with van der Waals surface area (Å²) in [6.45, 7) is -0.343. The lowest BCUT2D eigenvalue weighted by atomic mass is 10.2. The monoisotopic (exact) mass is 306 g/mol. The molecule has 21 heavy (non-hydrogen) atoms. The average Bonchev–Trinajstić information content (AvgIpc) is 2.89. The Hall–Kier alpha value is -2.21. The maximum Gasteiger partial charge on any atom is 0.242 e. The second-order valence-electron chi connectivity index (χ2n) is 4.12. The number of rotatable bonds is 4. The van der Waals surface area contributed by atoms with Crippen LogP contribution >= 0.6 is 0 Å². The molecule has 0 aliphatic rings. The van der Waals surface area contributed by atoms with Crippen molar-refractivity contribution in [2.45, 2.75) is 11.4 Å². The summed E-state index contributed by atoms with van der Waals surface area (Å²) in [6, 6.07) is 6.32. The van der Waals surface area contributed by atoms with Gasteiger partial charge in [-0.2, -0.15) is 5.10 Å². The molecule has 2 aromatic rings. The van der Waals surface area contributed by atoms with Crippen LogP contribution in [0.3, 0.4) is 0 Å². The summed E-state index contributed by atoms with van der Waals surface area (Å²) in [6.07, 6.45) is 1.49. The summed E-state index contributed by atoms with van der Waals surface area (Å²) in [5.74, 6) is 5.43. The number of sulfonamides is 1. The van der Waals surface area contributed by atoms with E-state index >= 15 is 0 Å². The second-order valence-corrected chi connectivity index (χ2v) is 5.85. The molecule has 2 N–H and O–H groups in total. The van der Waals surface area contributed by atoms with E-state index in [2.05, 4.69) is 26.6 Å². The normalized spacial score (nSPS) is 11.0. The summed E-state index contributed by atoms with van der Waals surface area (Å²) < 4.78 is 28.5. The van der Waals surface area contributed by atoms with Crippen molar-refractivity contribution in [3.05, 3.63) is 42.0 Å². The van der Waals surface area contributed by atoms with Gasteiger partial charge < -0.3 is 5.11 Å². The van der Waals surface area contributed by atoms with Gasteiger partial charge in [0.1, 0.15) is 12.9 Å². The van der Waals surface area contributed by atoms with Gasteiger partial charge in [-0.3, -0.25) is 4.68 Å². The molecule has 0 bridgehead atoms. The Labute approximate surface area is 122 Å². The van der Waals surface area contributed by atoms with E-state index < -0.39 is 10.0 Å². The molecule has 0 unspecified atom stereocenters. The van der Waals surface area contributed by atoms with Gasteiger partial charge >= 0.3 is 0 Å². The van der Waals surface area contributed by atoms with Crippen LogP contribution in [-0.4, -0.2) is 34.9 Å². The number of aromatic nitrogens is 3. The molecule has 1 aromatic carbocycles. The first kappa shape index (κ1) is 15.2. The Morgan fingerprint density at radius 2 is 2.14 bits per heavy atom. The first-order valence-electron chi connectivity index (χ1n) is 6.06. The summed E-state index contributed by atoms with van der Waals surface area (Å²) >= 11 is 0. The van der Waals surface area contributed by atoms with Crippen LogP contribution in [0.2, 0.25) is 0 Å². The number of hydrogen-bond donors (Lipinski definition) is 2. The molecule has 1 aromatic heterocycles. The Morgan fingerprint density at radius 3 is 2.81 bits per heavy atom. The van der Waals surface area contributed by atoms with Gasteiger partial charge in [0.2, 0.25) is 10.0 Å². The third kappa shape index (κ3) is 3.88. The molecule has 0 saturated carbocycles. The molecule has 0 atom stereocenters. The van der Waals surface area contributed by atoms with Gasteiger partial charge in [0.25, 0.3) is 0 Å². The molecule has 0 aliphatic heterocycles. The highest BCUT2D eigenvalue weighted by Crippen LogP contribution is 2.14. The fraction of sp³-hybridized carbons (Fsp3) is 0.231. The molecule has 110 valence electrons. The van der Waals surface area contributed by atoms with Gasteiger partial charge in [-0.05, 0) is 12.1 Å². The molecule has 1 heterocycles.